The van der Waals surface area contributed by atoms with Crippen LogP contribution >= 0.6 is 11.6 Å². The Hall–Kier alpha value is -1.33. The molecule has 0 bridgehead atoms. The molecule has 1 heterocycles. The molecule has 1 aromatic rings. The minimum absolute atomic E-state index is 0.0383. The lowest BCUT2D eigenvalue weighted by Crippen LogP contribution is -2.42. The van der Waals surface area contributed by atoms with Gasteiger partial charge in [-0.2, -0.15) is 0 Å². The van der Waals surface area contributed by atoms with E-state index < -0.39 is 11.9 Å². The summed E-state index contributed by atoms with van der Waals surface area (Å²) in [5.74, 6) is 0.613. The van der Waals surface area contributed by atoms with Crippen LogP contribution in [0.5, 0.6) is 0 Å². The highest BCUT2D eigenvalue weighted by Crippen LogP contribution is 2.21. The van der Waals surface area contributed by atoms with E-state index in [0.29, 0.717) is 11.5 Å². The number of nitrogens with two attached hydrogens (primary N) is 1. The van der Waals surface area contributed by atoms with Gasteiger partial charge in [0.05, 0.1) is 17.7 Å². The number of aliphatic imine (C=N–C) groups is 1. The molecule has 1 aliphatic heterocycles. The number of aliphatic hydroxyl groups is 1. The average Bonchev–Trinajstić information content (AvgIpc) is 2.48. The van der Waals surface area contributed by atoms with Gasteiger partial charge in [-0.3, -0.25) is 4.99 Å². The zero-order valence-corrected chi connectivity index (χ0v) is 12.9. The van der Waals surface area contributed by atoms with Crippen molar-refractivity contribution in [1.29, 1.82) is 0 Å². The summed E-state index contributed by atoms with van der Waals surface area (Å²) in [6, 6.07) is 4.24. The molecular weight excluding hydrogens is 293 g/mol. The first-order chi connectivity index (χ1) is 9.97. The molecule has 4 nitrogen and oxygen atoms in total. The maximum absolute atomic E-state index is 13.4. The number of guanidine groups is 1. The van der Waals surface area contributed by atoms with Crippen molar-refractivity contribution in [1.82, 2.24) is 4.90 Å². The van der Waals surface area contributed by atoms with Crippen molar-refractivity contribution in [2.75, 3.05) is 19.6 Å². The van der Waals surface area contributed by atoms with Gasteiger partial charge in [0.2, 0.25) is 0 Å². The molecule has 1 aromatic carbocycles. The third-order valence-corrected chi connectivity index (χ3v) is 4.17. The van der Waals surface area contributed by atoms with Crippen LogP contribution in [0.25, 0.3) is 0 Å². The van der Waals surface area contributed by atoms with Crippen molar-refractivity contribution in [3.05, 3.63) is 34.6 Å². The minimum Gasteiger partial charge on any atom is -0.386 e. The number of aliphatic hydroxyl groups excluding tert-OH is 1. The second-order valence-corrected chi connectivity index (χ2v) is 5.97. The Morgan fingerprint density at radius 3 is 2.81 bits per heavy atom. The van der Waals surface area contributed by atoms with Gasteiger partial charge in [0, 0.05) is 13.1 Å². The molecule has 1 saturated heterocycles. The van der Waals surface area contributed by atoms with Crippen LogP contribution in [0, 0.1) is 11.7 Å². The van der Waals surface area contributed by atoms with Crippen molar-refractivity contribution in [2.45, 2.75) is 25.9 Å². The number of hydrogen-bond acceptors (Lipinski definition) is 2. The molecule has 1 fully saturated rings. The molecule has 1 unspecified atom stereocenters. The van der Waals surface area contributed by atoms with Crippen LogP contribution < -0.4 is 5.73 Å². The summed E-state index contributed by atoms with van der Waals surface area (Å²) in [7, 11) is 0. The van der Waals surface area contributed by atoms with Gasteiger partial charge in [0.1, 0.15) is 5.82 Å². The SMILES string of the molecule is CC1CCN(C(N)=NCC(O)c2ccc(Cl)c(F)c2)CC1. The van der Waals surface area contributed by atoms with Gasteiger partial charge < -0.3 is 15.7 Å². The molecular formula is C15H21ClFN3O. The second kappa shape index (κ2) is 7.09. The number of nitrogens with zero attached hydrogens (tertiary/aromatic N) is 2. The van der Waals surface area contributed by atoms with Crippen LogP contribution in [0.2, 0.25) is 5.02 Å². The molecule has 0 spiro atoms. The molecule has 0 aromatic heterocycles. The first kappa shape index (κ1) is 16.0. The normalized spacial score (nSPS) is 18.9. The van der Waals surface area contributed by atoms with Crippen LogP contribution in [-0.2, 0) is 0 Å². The lowest BCUT2D eigenvalue weighted by molar-refractivity contribution is 0.185. The van der Waals surface area contributed by atoms with E-state index in [1.807, 2.05) is 4.90 Å². The van der Waals surface area contributed by atoms with Gasteiger partial charge >= 0.3 is 0 Å². The van der Waals surface area contributed by atoms with Crippen molar-refractivity contribution < 1.29 is 9.50 Å². The summed E-state index contributed by atoms with van der Waals surface area (Å²) in [6.07, 6.45) is 1.31. The van der Waals surface area contributed by atoms with Crippen molar-refractivity contribution >= 4 is 17.6 Å². The summed E-state index contributed by atoms with van der Waals surface area (Å²) in [5.41, 5.74) is 6.39. The Morgan fingerprint density at radius 1 is 1.52 bits per heavy atom. The Bertz CT molecular complexity index is 516. The predicted octanol–water partition coefficient (Wildman–Crippen LogP) is 2.56. The number of halogens is 2. The molecule has 116 valence electrons. The zero-order chi connectivity index (χ0) is 15.4. The van der Waals surface area contributed by atoms with E-state index in [9.17, 15) is 9.50 Å². The van der Waals surface area contributed by atoms with Gasteiger partial charge in [0.15, 0.2) is 5.96 Å². The van der Waals surface area contributed by atoms with Crippen molar-refractivity contribution in [2.24, 2.45) is 16.6 Å². The van der Waals surface area contributed by atoms with E-state index in [0.717, 1.165) is 31.8 Å². The zero-order valence-electron chi connectivity index (χ0n) is 12.1. The van der Waals surface area contributed by atoms with E-state index in [1.54, 1.807) is 6.07 Å². The fraction of sp³-hybridized carbons (Fsp3) is 0.533. The van der Waals surface area contributed by atoms with Crippen LogP contribution in [0.15, 0.2) is 23.2 Å². The van der Waals surface area contributed by atoms with E-state index >= 15 is 0 Å². The highest BCUT2D eigenvalue weighted by Gasteiger charge is 2.17. The number of likely N-dealkylation sites (tertiary alicyclic amines) is 1. The Balaban J connectivity index is 1.94. The maximum Gasteiger partial charge on any atom is 0.191 e. The second-order valence-electron chi connectivity index (χ2n) is 5.56. The van der Waals surface area contributed by atoms with E-state index in [1.165, 1.54) is 12.1 Å². The van der Waals surface area contributed by atoms with Crippen molar-refractivity contribution in [3.63, 3.8) is 0 Å². The van der Waals surface area contributed by atoms with Gasteiger partial charge in [-0.15, -0.1) is 0 Å². The summed E-state index contributed by atoms with van der Waals surface area (Å²) >= 11 is 5.62. The first-order valence-electron chi connectivity index (χ1n) is 7.15. The van der Waals surface area contributed by atoms with E-state index in [2.05, 4.69) is 11.9 Å². The number of piperidine rings is 1. The highest BCUT2D eigenvalue weighted by molar-refractivity contribution is 6.30. The van der Waals surface area contributed by atoms with E-state index in [-0.39, 0.29) is 11.6 Å². The molecule has 1 aliphatic rings. The predicted molar refractivity (Wildman–Crippen MR) is 82.8 cm³/mol. The fourth-order valence-corrected chi connectivity index (χ4v) is 2.46. The van der Waals surface area contributed by atoms with Gasteiger partial charge in [-0.25, -0.2) is 4.39 Å². The highest BCUT2D eigenvalue weighted by atomic mass is 35.5. The molecule has 21 heavy (non-hydrogen) atoms. The lowest BCUT2D eigenvalue weighted by atomic mass is 10.00. The van der Waals surface area contributed by atoms with E-state index in [4.69, 9.17) is 17.3 Å². The molecule has 2 rings (SSSR count). The Labute approximate surface area is 129 Å². The smallest absolute Gasteiger partial charge is 0.191 e. The van der Waals surface area contributed by atoms with Crippen LogP contribution in [0.3, 0.4) is 0 Å². The molecule has 0 saturated carbocycles. The van der Waals surface area contributed by atoms with Gasteiger partial charge in [-0.05, 0) is 36.5 Å². The molecule has 0 amide bonds. The molecule has 0 aliphatic carbocycles. The maximum atomic E-state index is 13.4. The monoisotopic (exact) mass is 313 g/mol. The summed E-state index contributed by atoms with van der Waals surface area (Å²) < 4.78 is 13.4. The average molecular weight is 314 g/mol. The summed E-state index contributed by atoms with van der Waals surface area (Å²) in [5, 5.41) is 10.1. The molecule has 1 atom stereocenters. The summed E-state index contributed by atoms with van der Waals surface area (Å²) in [6.45, 7) is 4.12. The standard InChI is InChI=1S/C15H21ClFN3O/c1-10-4-6-20(7-5-10)15(18)19-9-14(21)11-2-3-12(16)13(17)8-11/h2-3,8,10,14,21H,4-7,9H2,1H3,(H2,18,19). The van der Waals surface area contributed by atoms with Crippen LogP contribution in [-0.4, -0.2) is 35.6 Å². The largest absolute Gasteiger partial charge is 0.386 e. The quantitative estimate of drug-likeness (QED) is 0.666. The number of benzene rings is 1. The Kier molecular flexibility index (Phi) is 5.42. The van der Waals surface area contributed by atoms with Gasteiger partial charge in [-0.1, -0.05) is 24.6 Å². The third kappa shape index (κ3) is 4.32. The lowest BCUT2D eigenvalue weighted by Gasteiger charge is -2.31. The topological polar surface area (TPSA) is 61.8 Å². The van der Waals surface area contributed by atoms with Crippen molar-refractivity contribution in [3.8, 4) is 0 Å². The fourth-order valence-electron chi connectivity index (χ4n) is 2.34. The minimum atomic E-state index is -0.890. The molecule has 0 radical (unpaired) electrons. The van der Waals surface area contributed by atoms with Gasteiger partial charge in [0.25, 0.3) is 0 Å². The molecule has 6 heteroatoms. The first-order valence-corrected chi connectivity index (χ1v) is 7.53. The molecule has 3 N–H and O–H groups in total. The third-order valence-electron chi connectivity index (χ3n) is 3.86. The summed E-state index contributed by atoms with van der Waals surface area (Å²) in [4.78, 5) is 6.24. The number of hydrogen-bond donors (Lipinski definition) is 2. The van der Waals surface area contributed by atoms with Crippen LogP contribution in [0.1, 0.15) is 31.4 Å². The van der Waals surface area contributed by atoms with Crippen LogP contribution in [0.4, 0.5) is 4.39 Å². The Morgan fingerprint density at radius 2 is 2.19 bits per heavy atom. The number of rotatable bonds is 3.